The number of nitrogens with zero attached hydrogens (tertiary/aromatic N) is 2. The molecule has 0 atom stereocenters. The van der Waals surface area contributed by atoms with Gasteiger partial charge in [0.05, 0.1) is 21.3 Å². The van der Waals surface area contributed by atoms with Crippen molar-refractivity contribution in [3.8, 4) is 17.2 Å². The van der Waals surface area contributed by atoms with E-state index in [1.54, 1.807) is 27.5 Å². The Kier molecular flexibility index (Phi) is 7.45. The Labute approximate surface area is 182 Å². The third-order valence-electron chi connectivity index (χ3n) is 4.53. The van der Waals surface area contributed by atoms with Crippen LogP contribution in [0.2, 0.25) is 0 Å². The molecule has 0 bridgehead atoms. The van der Waals surface area contributed by atoms with E-state index in [9.17, 15) is 0 Å². The summed E-state index contributed by atoms with van der Waals surface area (Å²) in [4.78, 5) is 6.29. The van der Waals surface area contributed by atoms with Crippen LogP contribution in [0.15, 0.2) is 67.0 Å². The number of methoxy groups -OCH3 is 3. The maximum atomic E-state index is 5.74. The SMILES string of the molecule is COc1cccc(NC(=S)N(Cc2cccnc2)Cc2ccc(OC)c(OC)c2)c1. The van der Waals surface area contributed by atoms with E-state index >= 15 is 0 Å². The number of rotatable bonds is 8. The van der Waals surface area contributed by atoms with Crippen LogP contribution in [-0.4, -0.2) is 36.3 Å². The molecule has 0 aliphatic carbocycles. The molecule has 0 spiro atoms. The van der Waals surface area contributed by atoms with E-state index < -0.39 is 0 Å². The summed E-state index contributed by atoms with van der Waals surface area (Å²) in [5.41, 5.74) is 2.97. The van der Waals surface area contributed by atoms with Crippen molar-refractivity contribution in [2.45, 2.75) is 13.1 Å². The summed E-state index contributed by atoms with van der Waals surface area (Å²) < 4.78 is 16.1. The normalized spacial score (nSPS) is 10.2. The molecule has 1 N–H and O–H groups in total. The first-order valence-corrected chi connectivity index (χ1v) is 9.83. The summed E-state index contributed by atoms with van der Waals surface area (Å²) in [6.45, 7) is 1.20. The van der Waals surface area contributed by atoms with Gasteiger partial charge in [-0.2, -0.15) is 0 Å². The van der Waals surface area contributed by atoms with Crippen molar-refractivity contribution in [1.29, 1.82) is 0 Å². The lowest BCUT2D eigenvalue weighted by atomic mass is 10.1. The highest BCUT2D eigenvalue weighted by Gasteiger charge is 2.14. The first kappa shape index (κ1) is 21.4. The van der Waals surface area contributed by atoms with Crippen molar-refractivity contribution in [2.75, 3.05) is 26.6 Å². The summed E-state index contributed by atoms with van der Waals surface area (Å²) in [7, 11) is 4.90. The highest BCUT2D eigenvalue weighted by atomic mass is 32.1. The Morgan fingerprint density at radius 3 is 2.40 bits per heavy atom. The van der Waals surface area contributed by atoms with Crippen LogP contribution in [0.25, 0.3) is 0 Å². The number of hydrogen-bond donors (Lipinski definition) is 1. The predicted octanol–water partition coefficient (Wildman–Crippen LogP) is 4.51. The van der Waals surface area contributed by atoms with Gasteiger partial charge in [0.2, 0.25) is 0 Å². The molecular formula is C23H25N3O3S. The Morgan fingerprint density at radius 1 is 0.900 bits per heavy atom. The van der Waals surface area contributed by atoms with Crippen molar-refractivity contribution in [2.24, 2.45) is 0 Å². The molecular weight excluding hydrogens is 398 g/mol. The van der Waals surface area contributed by atoms with Crippen LogP contribution in [-0.2, 0) is 13.1 Å². The van der Waals surface area contributed by atoms with Gasteiger partial charge in [0.15, 0.2) is 16.6 Å². The van der Waals surface area contributed by atoms with Crippen LogP contribution in [0.1, 0.15) is 11.1 Å². The van der Waals surface area contributed by atoms with Gasteiger partial charge in [-0.3, -0.25) is 4.98 Å². The van der Waals surface area contributed by atoms with Gasteiger partial charge in [0.1, 0.15) is 5.75 Å². The third-order valence-corrected chi connectivity index (χ3v) is 4.89. The van der Waals surface area contributed by atoms with E-state index in [1.165, 1.54) is 0 Å². The lowest BCUT2D eigenvalue weighted by molar-refractivity contribution is 0.352. The standard InChI is InChI=1S/C23H25N3O3S/c1-27-20-8-4-7-19(13-20)25-23(30)26(16-18-6-5-11-24-14-18)15-17-9-10-21(28-2)22(12-17)29-3/h4-14H,15-16H2,1-3H3,(H,25,30). The van der Waals surface area contributed by atoms with Crippen LogP contribution in [0.5, 0.6) is 17.2 Å². The fourth-order valence-electron chi connectivity index (χ4n) is 3.01. The van der Waals surface area contributed by atoms with E-state index in [1.807, 2.05) is 60.8 Å². The molecule has 3 rings (SSSR count). The monoisotopic (exact) mass is 423 g/mol. The maximum Gasteiger partial charge on any atom is 0.174 e. The number of benzene rings is 2. The fraction of sp³-hybridized carbons (Fsp3) is 0.217. The Morgan fingerprint density at radius 2 is 1.70 bits per heavy atom. The zero-order valence-corrected chi connectivity index (χ0v) is 18.1. The van der Waals surface area contributed by atoms with E-state index in [-0.39, 0.29) is 0 Å². The van der Waals surface area contributed by atoms with Crippen LogP contribution in [0, 0.1) is 0 Å². The summed E-state index contributed by atoms with van der Waals surface area (Å²) in [6.07, 6.45) is 3.60. The molecule has 7 heteroatoms. The maximum absolute atomic E-state index is 5.74. The summed E-state index contributed by atoms with van der Waals surface area (Å²) in [6, 6.07) is 17.5. The smallest absolute Gasteiger partial charge is 0.174 e. The third kappa shape index (κ3) is 5.61. The lowest BCUT2D eigenvalue weighted by Gasteiger charge is -2.26. The number of anilines is 1. The number of thiocarbonyl (C=S) groups is 1. The van der Waals surface area contributed by atoms with E-state index in [2.05, 4.69) is 15.2 Å². The van der Waals surface area contributed by atoms with E-state index in [0.29, 0.717) is 29.7 Å². The number of ether oxygens (including phenoxy) is 3. The molecule has 30 heavy (non-hydrogen) atoms. The van der Waals surface area contributed by atoms with Crippen molar-refractivity contribution < 1.29 is 14.2 Å². The van der Waals surface area contributed by atoms with Crippen molar-refractivity contribution in [1.82, 2.24) is 9.88 Å². The van der Waals surface area contributed by atoms with Crippen molar-refractivity contribution >= 4 is 23.0 Å². The second-order valence-corrected chi connectivity index (χ2v) is 6.96. The zero-order chi connectivity index (χ0) is 21.3. The highest BCUT2D eigenvalue weighted by Crippen LogP contribution is 2.28. The second kappa shape index (κ2) is 10.5. The van der Waals surface area contributed by atoms with Gasteiger partial charge in [0.25, 0.3) is 0 Å². The minimum Gasteiger partial charge on any atom is -0.497 e. The first-order valence-electron chi connectivity index (χ1n) is 9.42. The lowest BCUT2D eigenvalue weighted by Crippen LogP contribution is -2.33. The number of aromatic nitrogens is 1. The van der Waals surface area contributed by atoms with Gasteiger partial charge in [-0.15, -0.1) is 0 Å². The molecule has 0 fully saturated rings. The predicted molar refractivity (Wildman–Crippen MR) is 122 cm³/mol. The molecule has 3 aromatic rings. The molecule has 0 unspecified atom stereocenters. The molecule has 0 saturated carbocycles. The zero-order valence-electron chi connectivity index (χ0n) is 17.3. The Balaban J connectivity index is 1.83. The van der Waals surface area contributed by atoms with Crippen LogP contribution >= 0.6 is 12.2 Å². The summed E-state index contributed by atoms with van der Waals surface area (Å²) >= 11 is 5.74. The molecule has 0 amide bonds. The molecule has 2 aromatic carbocycles. The second-order valence-electron chi connectivity index (χ2n) is 6.57. The molecule has 0 radical (unpaired) electrons. The molecule has 1 aromatic heterocycles. The van der Waals surface area contributed by atoms with Crippen LogP contribution in [0.4, 0.5) is 5.69 Å². The fourth-order valence-corrected chi connectivity index (χ4v) is 3.26. The first-order chi connectivity index (χ1) is 14.6. The average Bonchev–Trinajstić information content (AvgIpc) is 2.79. The highest BCUT2D eigenvalue weighted by molar-refractivity contribution is 7.80. The minimum atomic E-state index is 0.588. The molecule has 156 valence electrons. The van der Waals surface area contributed by atoms with E-state index in [0.717, 1.165) is 22.6 Å². The molecule has 6 nitrogen and oxygen atoms in total. The van der Waals surface area contributed by atoms with Gasteiger partial charge in [-0.05, 0) is 53.7 Å². The number of hydrogen-bond acceptors (Lipinski definition) is 5. The average molecular weight is 424 g/mol. The Bertz CT molecular complexity index is 982. The van der Waals surface area contributed by atoms with Crippen molar-refractivity contribution in [3.63, 3.8) is 0 Å². The van der Waals surface area contributed by atoms with Crippen LogP contribution < -0.4 is 19.5 Å². The molecule has 1 heterocycles. The summed E-state index contributed by atoms with van der Waals surface area (Å²) in [5.74, 6) is 2.14. The minimum absolute atomic E-state index is 0.588. The van der Waals surface area contributed by atoms with Gasteiger partial charge in [-0.1, -0.05) is 18.2 Å². The van der Waals surface area contributed by atoms with Gasteiger partial charge in [0, 0.05) is 37.2 Å². The molecule has 0 aliphatic rings. The number of pyridine rings is 1. The van der Waals surface area contributed by atoms with E-state index in [4.69, 9.17) is 26.4 Å². The topological polar surface area (TPSA) is 55.9 Å². The largest absolute Gasteiger partial charge is 0.497 e. The van der Waals surface area contributed by atoms with Gasteiger partial charge in [-0.25, -0.2) is 0 Å². The molecule has 0 saturated heterocycles. The van der Waals surface area contributed by atoms with Crippen molar-refractivity contribution in [3.05, 3.63) is 78.1 Å². The molecule has 0 aliphatic heterocycles. The summed E-state index contributed by atoms with van der Waals surface area (Å²) in [5, 5.41) is 3.91. The van der Waals surface area contributed by atoms with Gasteiger partial charge < -0.3 is 24.4 Å². The number of nitrogens with one attached hydrogen (secondary N) is 1. The van der Waals surface area contributed by atoms with Crippen LogP contribution in [0.3, 0.4) is 0 Å². The quantitative estimate of drug-likeness (QED) is 0.535. The Hall–Kier alpha value is -3.32. The van der Waals surface area contributed by atoms with Gasteiger partial charge >= 0.3 is 0 Å².